The van der Waals surface area contributed by atoms with Crippen molar-refractivity contribution in [2.75, 3.05) is 5.32 Å². The van der Waals surface area contributed by atoms with Crippen LogP contribution in [-0.4, -0.2) is 21.8 Å². The van der Waals surface area contributed by atoms with Gasteiger partial charge in [-0.1, -0.05) is 41.9 Å². The highest BCUT2D eigenvalue weighted by atomic mass is 35.5. The van der Waals surface area contributed by atoms with E-state index < -0.39 is 11.8 Å². The van der Waals surface area contributed by atoms with E-state index in [9.17, 15) is 14.7 Å². The molecular formula is C17H13ClN2O3. The van der Waals surface area contributed by atoms with Crippen molar-refractivity contribution < 1.29 is 14.7 Å². The topological polar surface area (TPSA) is 69.6 Å². The first-order valence-electron chi connectivity index (χ1n) is 6.92. The van der Waals surface area contributed by atoms with Crippen LogP contribution in [0.1, 0.15) is 5.56 Å². The predicted octanol–water partition coefficient (Wildman–Crippen LogP) is 2.82. The number of imide groups is 1. The Balaban J connectivity index is 1.80. The van der Waals surface area contributed by atoms with Crippen molar-refractivity contribution in [3.8, 4) is 5.75 Å². The molecule has 0 spiro atoms. The maximum Gasteiger partial charge on any atom is 0.279 e. The lowest BCUT2D eigenvalue weighted by molar-refractivity contribution is -0.138. The lowest BCUT2D eigenvalue weighted by atomic mass is 10.2. The van der Waals surface area contributed by atoms with Gasteiger partial charge in [0.05, 0.1) is 6.54 Å². The van der Waals surface area contributed by atoms with Crippen LogP contribution in [0.5, 0.6) is 5.75 Å². The zero-order valence-electron chi connectivity index (χ0n) is 12.0. The summed E-state index contributed by atoms with van der Waals surface area (Å²) >= 11 is 6.02. The van der Waals surface area contributed by atoms with Crippen LogP contribution >= 0.6 is 11.6 Å². The van der Waals surface area contributed by atoms with E-state index in [-0.39, 0.29) is 23.0 Å². The molecule has 0 fully saturated rings. The smallest absolute Gasteiger partial charge is 0.279 e. The Morgan fingerprint density at radius 3 is 2.26 bits per heavy atom. The highest BCUT2D eigenvalue weighted by Crippen LogP contribution is 2.27. The van der Waals surface area contributed by atoms with E-state index >= 15 is 0 Å². The third-order valence-corrected chi connectivity index (χ3v) is 3.78. The molecule has 2 aromatic carbocycles. The molecule has 0 unspecified atom stereocenters. The van der Waals surface area contributed by atoms with Gasteiger partial charge in [-0.25, -0.2) is 0 Å². The molecule has 0 radical (unpaired) electrons. The summed E-state index contributed by atoms with van der Waals surface area (Å²) in [6.07, 6.45) is 0. The van der Waals surface area contributed by atoms with Crippen molar-refractivity contribution in [2.24, 2.45) is 0 Å². The molecule has 0 bridgehead atoms. The number of amides is 2. The highest BCUT2D eigenvalue weighted by molar-refractivity contribution is 6.48. The predicted molar refractivity (Wildman–Crippen MR) is 86.6 cm³/mol. The molecule has 0 saturated heterocycles. The van der Waals surface area contributed by atoms with E-state index in [1.807, 2.05) is 30.3 Å². The van der Waals surface area contributed by atoms with Crippen molar-refractivity contribution >= 4 is 29.1 Å². The standard InChI is InChI=1S/C17H13ClN2O3/c18-14-15(19-12-6-8-13(21)9-7-12)17(23)20(16(14)22)10-11-4-2-1-3-5-11/h1-9,19,21H,10H2. The summed E-state index contributed by atoms with van der Waals surface area (Å²) in [5.74, 6) is -0.895. The number of benzene rings is 2. The fourth-order valence-electron chi connectivity index (χ4n) is 2.25. The number of carbonyl (C=O) groups is 2. The van der Waals surface area contributed by atoms with Crippen LogP contribution in [-0.2, 0) is 16.1 Å². The van der Waals surface area contributed by atoms with Crippen LogP contribution in [0.25, 0.3) is 0 Å². The van der Waals surface area contributed by atoms with Gasteiger partial charge in [-0.05, 0) is 29.8 Å². The number of carbonyl (C=O) groups excluding carboxylic acids is 2. The summed E-state index contributed by atoms with van der Waals surface area (Å²) in [7, 11) is 0. The first kappa shape index (κ1) is 15.1. The zero-order chi connectivity index (χ0) is 16.4. The van der Waals surface area contributed by atoms with Crippen LogP contribution in [0.2, 0.25) is 0 Å². The molecule has 5 nitrogen and oxygen atoms in total. The molecule has 1 aliphatic rings. The van der Waals surface area contributed by atoms with Crippen molar-refractivity contribution in [3.05, 3.63) is 70.9 Å². The first-order valence-corrected chi connectivity index (χ1v) is 7.30. The number of hydrogen-bond acceptors (Lipinski definition) is 4. The van der Waals surface area contributed by atoms with Crippen molar-refractivity contribution in [1.29, 1.82) is 0 Å². The number of rotatable bonds is 4. The fourth-order valence-corrected chi connectivity index (χ4v) is 2.48. The maximum atomic E-state index is 12.5. The fraction of sp³-hybridized carbons (Fsp3) is 0.0588. The molecule has 0 aromatic heterocycles. The summed E-state index contributed by atoms with van der Waals surface area (Å²) in [5, 5.41) is 12.0. The average molecular weight is 329 g/mol. The minimum Gasteiger partial charge on any atom is -0.508 e. The Kier molecular flexibility index (Phi) is 4.04. The SMILES string of the molecule is O=C1C(Cl)=C(Nc2ccc(O)cc2)C(=O)N1Cc1ccccc1. The molecule has 0 aliphatic carbocycles. The van der Waals surface area contributed by atoms with Crippen molar-refractivity contribution in [3.63, 3.8) is 0 Å². The largest absolute Gasteiger partial charge is 0.508 e. The Morgan fingerprint density at radius 2 is 1.61 bits per heavy atom. The number of anilines is 1. The third-order valence-electron chi connectivity index (χ3n) is 3.43. The summed E-state index contributed by atoms with van der Waals surface area (Å²) in [5.41, 5.74) is 1.43. The number of nitrogens with one attached hydrogen (secondary N) is 1. The summed E-state index contributed by atoms with van der Waals surface area (Å²) in [6.45, 7) is 0.162. The molecule has 2 N–H and O–H groups in total. The zero-order valence-corrected chi connectivity index (χ0v) is 12.7. The molecule has 116 valence electrons. The Morgan fingerprint density at radius 1 is 0.957 bits per heavy atom. The van der Waals surface area contributed by atoms with Crippen molar-refractivity contribution in [1.82, 2.24) is 4.90 Å². The molecule has 1 heterocycles. The lowest BCUT2D eigenvalue weighted by Crippen LogP contribution is -2.31. The van der Waals surface area contributed by atoms with Gasteiger partial charge < -0.3 is 10.4 Å². The van der Waals surface area contributed by atoms with E-state index in [0.29, 0.717) is 5.69 Å². The number of nitrogens with zero attached hydrogens (tertiary/aromatic N) is 1. The van der Waals surface area contributed by atoms with Crippen LogP contribution in [0.4, 0.5) is 5.69 Å². The molecule has 2 aromatic rings. The summed E-state index contributed by atoms with van der Waals surface area (Å²) < 4.78 is 0. The number of hydrogen-bond donors (Lipinski definition) is 2. The van der Waals surface area contributed by atoms with Gasteiger partial charge in [0.15, 0.2) is 0 Å². The van der Waals surface area contributed by atoms with Gasteiger partial charge in [0.25, 0.3) is 11.8 Å². The molecule has 23 heavy (non-hydrogen) atoms. The van der Waals surface area contributed by atoms with Gasteiger partial charge in [-0.3, -0.25) is 14.5 Å². The van der Waals surface area contributed by atoms with E-state index in [4.69, 9.17) is 11.6 Å². The summed E-state index contributed by atoms with van der Waals surface area (Å²) in [6, 6.07) is 15.3. The molecule has 0 saturated carbocycles. The van der Waals surface area contributed by atoms with Crippen LogP contribution in [0, 0.1) is 0 Å². The maximum absolute atomic E-state index is 12.5. The third kappa shape index (κ3) is 3.05. The van der Waals surface area contributed by atoms with Gasteiger partial charge in [-0.2, -0.15) is 0 Å². The minimum atomic E-state index is -0.526. The van der Waals surface area contributed by atoms with E-state index in [1.165, 1.54) is 12.1 Å². The Bertz CT molecular complexity index is 785. The lowest BCUT2D eigenvalue weighted by Gasteiger charge is -2.15. The highest BCUT2D eigenvalue weighted by Gasteiger charge is 2.37. The number of halogens is 1. The second kappa shape index (κ2) is 6.14. The Labute approximate surface area is 137 Å². The second-order valence-electron chi connectivity index (χ2n) is 5.04. The van der Waals surface area contributed by atoms with Crippen LogP contribution < -0.4 is 5.32 Å². The average Bonchev–Trinajstić information content (AvgIpc) is 2.76. The van der Waals surface area contributed by atoms with Gasteiger partial charge in [0.1, 0.15) is 16.5 Å². The number of aromatic hydroxyl groups is 1. The van der Waals surface area contributed by atoms with Gasteiger partial charge in [0.2, 0.25) is 0 Å². The molecular weight excluding hydrogens is 316 g/mol. The van der Waals surface area contributed by atoms with Crippen LogP contribution in [0.3, 0.4) is 0 Å². The molecule has 2 amide bonds. The van der Waals surface area contributed by atoms with Gasteiger partial charge in [-0.15, -0.1) is 0 Å². The molecule has 0 atom stereocenters. The monoisotopic (exact) mass is 328 g/mol. The molecule has 3 rings (SSSR count). The Hall–Kier alpha value is -2.79. The van der Waals surface area contributed by atoms with E-state index in [1.54, 1.807) is 12.1 Å². The quantitative estimate of drug-likeness (QED) is 0.669. The molecule has 1 aliphatic heterocycles. The summed E-state index contributed by atoms with van der Waals surface area (Å²) in [4.78, 5) is 25.8. The normalized spacial score (nSPS) is 14.6. The van der Waals surface area contributed by atoms with Gasteiger partial charge >= 0.3 is 0 Å². The number of phenolic OH excluding ortho intramolecular Hbond substituents is 1. The number of phenols is 1. The minimum absolute atomic E-state index is 0.0401. The second-order valence-corrected chi connectivity index (χ2v) is 5.42. The molecule has 6 heteroatoms. The van der Waals surface area contributed by atoms with Crippen molar-refractivity contribution in [2.45, 2.75) is 6.54 Å². The van der Waals surface area contributed by atoms with E-state index in [2.05, 4.69) is 5.32 Å². The first-order chi connectivity index (χ1) is 11.1. The van der Waals surface area contributed by atoms with Crippen LogP contribution in [0.15, 0.2) is 65.3 Å². The van der Waals surface area contributed by atoms with Gasteiger partial charge in [0, 0.05) is 5.69 Å². The van der Waals surface area contributed by atoms with E-state index in [0.717, 1.165) is 10.5 Å².